The molecule has 0 spiro atoms. The lowest BCUT2D eigenvalue weighted by Crippen LogP contribution is -1.91. The molecule has 1 aliphatic carbocycles. The van der Waals surface area contributed by atoms with Gasteiger partial charge in [0.1, 0.15) is 0 Å². The number of benzene rings is 2. The van der Waals surface area contributed by atoms with Crippen molar-refractivity contribution in [1.82, 2.24) is 0 Å². The zero-order valence-corrected chi connectivity index (χ0v) is 10.0. The van der Waals surface area contributed by atoms with Crippen LogP contribution in [-0.2, 0) is 6.42 Å². The third-order valence-corrected chi connectivity index (χ3v) is 4.67. The Bertz CT molecular complexity index is 767. The Balaban J connectivity index is 2.29. The first-order chi connectivity index (χ1) is 8.34. The molecular formula is C15H10OS. The standard InChI is InChI=1S/C15H10OS/c16-11-7-5-9-6-8-13-15(14(9)11)10-3-1-2-4-12(10)17-13/h1-4,6,8H,5,7H2. The average molecular weight is 238 g/mol. The highest BCUT2D eigenvalue weighted by molar-refractivity contribution is 7.25. The molecule has 0 unspecified atom stereocenters. The van der Waals surface area contributed by atoms with Crippen LogP contribution in [0.1, 0.15) is 22.3 Å². The zero-order chi connectivity index (χ0) is 11.4. The highest BCUT2D eigenvalue weighted by Gasteiger charge is 2.23. The van der Waals surface area contributed by atoms with Gasteiger partial charge in [-0.3, -0.25) is 4.79 Å². The van der Waals surface area contributed by atoms with Gasteiger partial charge in [-0.25, -0.2) is 0 Å². The minimum absolute atomic E-state index is 0.314. The van der Waals surface area contributed by atoms with Crippen LogP contribution in [0.3, 0.4) is 0 Å². The Hall–Kier alpha value is -1.67. The Morgan fingerprint density at radius 1 is 0.941 bits per heavy atom. The van der Waals surface area contributed by atoms with Gasteiger partial charge in [0.05, 0.1) is 0 Å². The largest absolute Gasteiger partial charge is 0.294 e. The molecule has 1 heterocycles. The van der Waals surface area contributed by atoms with Crippen LogP contribution < -0.4 is 0 Å². The maximum Gasteiger partial charge on any atom is 0.164 e. The second kappa shape index (κ2) is 3.17. The molecule has 0 saturated carbocycles. The normalized spacial score (nSPS) is 14.7. The van der Waals surface area contributed by atoms with Crippen molar-refractivity contribution in [2.75, 3.05) is 0 Å². The first kappa shape index (κ1) is 9.37. The van der Waals surface area contributed by atoms with Crippen molar-refractivity contribution >= 4 is 37.3 Å². The molecule has 1 aromatic heterocycles. The van der Waals surface area contributed by atoms with E-state index in [-0.39, 0.29) is 0 Å². The topological polar surface area (TPSA) is 17.1 Å². The maximum atomic E-state index is 12.0. The zero-order valence-electron chi connectivity index (χ0n) is 9.19. The van der Waals surface area contributed by atoms with Gasteiger partial charge in [0.2, 0.25) is 0 Å². The molecule has 0 bridgehead atoms. The SMILES string of the molecule is O=C1CCc2ccc3sc4ccccc4c3c21. The van der Waals surface area contributed by atoms with Gasteiger partial charge < -0.3 is 0 Å². The smallest absolute Gasteiger partial charge is 0.164 e. The van der Waals surface area contributed by atoms with Crippen LogP contribution in [0.2, 0.25) is 0 Å². The van der Waals surface area contributed by atoms with Gasteiger partial charge >= 0.3 is 0 Å². The summed E-state index contributed by atoms with van der Waals surface area (Å²) in [7, 11) is 0. The number of ketones is 1. The van der Waals surface area contributed by atoms with Crippen molar-refractivity contribution < 1.29 is 4.79 Å². The summed E-state index contributed by atoms with van der Waals surface area (Å²) in [4.78, 5) is 12.0. The van der Waals surface area contributed by atoms with E-state index in [1.807, 2.05) is 6.07 Å². The van der Waals surface area contributed by atoms with E-state index in [9.17, 15) is 4.79 Å². The van der Waals surface area contributed by atoms with E-state index in [2.05, 4.69) is 30.3 Å². The minimum atomic E-state index is 0.314. The fourth-order valence-corrected chi connectivity index (χ4v) is 3.87. The van der Waals surface area contributed by atoms with Crippen molar-refractivity contribution in [2.24, 2.45) is 0 Å². The molecule has 0 N–H and O–H groups in total. The predicted molar refractivity (Wildman–Crippen MR) is 72.0 cm³/mol. The van der Waals surface area contributed by atoms with Gasteiger partial charge in [-0.2, -0.15) is 0 Å². The van der Waals surface area contributed by atoms with Crippen molar-refractivity contribution in [2.45, 2.75) is 12.8 Å². The molecule has 17 heavy (non-hydrogen) atoms. The van der Waals surface area contributed by atoms with Crippen LogP contribution in [0.5, 0.6) is 0 Å². The summed E-state index contributed by atoms with van der Waals surface area (Å²) in [6.07, 6.45) is 1.59. The van der Waals surface area contributed by atoms with Gasteiger partial charge in [0.25, 0.3) is 0 Å². The quantitative estimate of drug-likeness (QED) is 0.574. The van der Waals surface area contributed by atoms with Crippen molar-refractivity contribution in [3.05, 3.63) is 47.5 Å². The predicted octanol–water partition coefficient (Wildman–Crippen LogP) is 4.18. The molecule has 4 rings (SSSR count). The molecular weight excluding hydrogens is 228 g/mol. The van der Waals surface area contributed by atoms with Crippen LogP contribution in [0.25, 0.3) is 20.2 Å². The number of fused-ring (bicyclic) bond motifs is 5. The van der Waals surface area contributed by atoms with Gasteiger partial charge in [-0.1, -0.05) is 24.3 Å². The number of hydrogen-bond donors (Lipinski definition) is 0. The molecule has 0 saturated heterocycles. The number of carbonyl (C=O) groups excluding carboxylic acids is 1. The first-order valence-electron chi connectivity index (χ1n) is 5.81. The summed E-state index contributed by atoms with van der Waals surface area (Å²) in [6.45, 7) is 0. The third kappa shape index (κ3) is 1.16. The summed E-state index contributed by atoms with van der Waals surface area (Å²) in [5.41, 5.74) is 2.21. The van der Waals surface area contributed by atoms with Crippen molar-refractivity contribution in [3.8, 4) is 0 Å². The second-order valence-corrected chi connectivity index (χ2v) is 5.58. The highest BCUT2D eigenvalue weighted by Crippen LogP contribution is 2.39. The molecule has 0 atom stereocenters. The monoisotopic (exact) mass is 238 g/mol. The van der Waals surface area contributed by atoms with E-state index in [1.165, 1.54) is 25.7 Å². The number of aryl methyl sites for hydroxylation is 1. The number of Topliss-reactive ketones (excluding diaryl/α,β-unsaturated/α-hetero) is 1. The summed E-state index contributed by atoms with van der Waals surface area (Å²) in [5, 5.41) is 2.42. The Kier molecular flexibility index (Phi) is 1.75. The molecule has 0 amide bonds. The summed E-state index contributed by atoms with van der Waals surface area (Å²) in [5.74, 6) is 0.314. The minimum Gasteiger partial charge on any atom is -0.294 e. The maximum absolute atomic E-state index is 12.0. The molecule has 2 heteroatoms. The Morgan fingerprint density at radius 3 is 2.76 bits per heavy atom. The number of thiophene rings is 1. The number of rotatable bonds is 0. The van der Waals surface area contributed by atoms with E-state index in [0.717, 1.165) is 12.0 Å². The second-order valence-electron chi connectivity index (χ2n) is 4.49. The van der Waals surface area contributed by atoms with E-state index in [4.69, 9.17) is 0 Å². The van der Waals surface area contributed by atoms with E-state index >= 15 is 0 Å². The highest BCUT2D eigenvalue weighted by atomic mass is 32.1. The van der Waals surface area contributed by atoms with E-state index in [0.29, 0.717) is 12.2 Å². The van der Waals surface area contributed by atoms with Gasteiger partial charge in [-0.15, -0.1) is 11.3 Å². The molecule has 1 nitrogen and oxygen atoms in total. The van der Waals surface area contributed by atoms with E-state index < -0.39 is 0 Å². The van der Waals surface area contributed by atoms with Crippen LogP contribution in [-0.4, -0.2) is 5.78 Å². The van der Waals surface area contributed by atoms with Crippen molar-refractivity contribution in [1.29, 1.82) is 0 Å². The molecule has 3 aromatic rings. The summed E-state index contributed by atoms with van der Waals surface area (Å²) >= 11 is 1.78. The van der Waals surface area contributed by atoms with Crippen molar-refractivity contribution in [3.63, 3.8) is 0 Å². The Labute approximate surface area is 103 Å². The number of hydrogen-bond acceptors (Lipinski definition) is 2. The summed E-state index contributed by atoms with van der Waals surface area (Å²) in [6, 6.07) is 12.6. The fraction of sp³-hybridized carbons (Fsp3) is 0.133. The van der Waals surface area contributed by atoms with Crippen LogP contribution >= 0.6 is 11.3 Å². The molecule has 2 aromatic carbocycles. The molecule has 82 valence electrons. The lowest BCUT2D eigenvalue weighted by Gasteiger charge is -2.00. The summed E-state index contributed by atoms with van der Waals surface area (Å²) < 4.78 is 2.51. The van der Waals surface area contributed by atoms with Crippen LogP contribution in [0.15, 0.2) is 36.4 Å². The first-order valence-corrected chi connectivity index (χ1v) is 6.62. The number of carbonyl (C=O) groups is 1. The molecule has 0 radical (unpaired) electrons. The van der Waals surface area contributed by atoms with Gasteiger partial charge in [0.15, 0.2) is 5.78 Å². The molecule has 0 fully saturated rings. The lowest BCUT2D eigenvalue weighted by molar-refractivity contribution is 0.0996. The van der Waals surface area contributed by atoms with E-state index in [1.54, 1.807) is 11.3 Å². The molecule has 1 aliphatic rings. The Morgan fingerprint density at radius 2 is 1.82 bits per heavy atom. The van der Waals surface area contributed by atoms with Crippen LogP contribution in [0, 0.1) is 0 Å². The average Bonchev–Trinajstić information content (AvgIpc) is 2.90. The third-order valence-electron chi connectivity index (χ3n) is 3.53. The van der Waals surface area contributed by atoms with Crippen LogP contribution in [0.4, 0.5) is 0 Å². The van der Waals surface area contributed by atoms with Gasteiger partial charge in [-0.05, 0) is 24.1 Å². The fourth-order valence-electron chi connectivity index (χ4n) is 2.76. The molecule has 0 aliphatic heterocycles. The van der Waals surface area contributed by atoms with Gasteiger partial charge in [0, 0.05) is 32.2 Å². The lowest BCUT2D eigenvalue weighted by atomic mass is 10.0.